The van der Waals surface area contributed by atoms with Gasteiger partial charge in [-0.25, -0.2) is 13.6 Å². The molecule has 0 atom stereocenters. The van der Waals surface area contributed by atoms with Gasteiger partial charge in [-0.15, -0.1) is 0 Å². The lowest BCUT2D eigenvalue weighted by atomic mass is 10.0. The number of aromatic amines is 1. The lowest BCUT2D eigenvalue weighted by Gasteiger charge is -2.16. The van der Waals surface area contributed by atoms with E-state index in [0.29, 0.717) is 12.1 Å². The molecular formula is C13H6F5N3O2. The topological polar surface area (TPSA) is 78.7 Å². The number of nitriles is 1. The highest BCUT2D eigenvalue weighted by molar-refractivity contribution is 5.67. The van der Waals surface area contributed by atoms with Crippen LogP contribution < -0.4 is 11.2 Å². The van der Waals surface area contributed by atoms with Crippen molar-refractivity contribution in [1.29, 1.82) is 5.26 Å². The first kappa shape index (κ1) is 16.4. The van der Waals surface area contributed by atoms with Crippen molar-refractivity contribution < 1.29 is 22.0 Å². The Bertz CT molecular complexity index is 950. The van der Waals surface area contributed by atoms with E-state index in [1.807, 2.05) is 0 Å². The molecule has 1 aromatic heterocycles. The highest BCUT2D eigenvalue weighted by Crippen LogP contribution is 2.35. The van der Waals surface area contributed by atoms with E-state index in [9.17, 15) is 31.5 Å². The molecule has 1 heterocycles. The lowest BCUT2D eigenvalue weighted by molar-refractivity contribution is -0.143. The van der Waals surface area contributed by atoms with Gasteiger partial charge in [0.15, 0.2) is 0 Å². The molecule has 2 aromatic rings. The van der Waals surface area contributed by atoms with Crippen molar-refractivity contribution in [1.82, 2.24) is 9.55 Å². The zero-order chi connectivity index (χ0) is 17.5. The van der Waals surface area contributed by atoms with Crippen molar-refractivity contribution in [3.63, 3.8) is 0 Å². The Labute approximate surface area is 124 Å². The summed E-state index contributed by atoms with van der Waals surface area (Å²) in [4.78, 5) is 24.7. The maximum absolute atomic E-state index is 14.0. The summed E-state index contributed by atoms with van der Waals surface area (Å²) in [5.74, 6) is -2.71. The Morgan fingerprint density at radius 2 is 1.78 bits per heavy atom. The van der Waals surface area contributed by atoms with E-state index in [2.05, 4.69) is 0 Å². The highest BCUT2D eigenvalue weighted by Gasteiger charge is 2.39. The molecule has 0 aliphatic heterocycles. The predicted molar refractivity (Wildman–Crippen MR) is 67.4 cm³/mol. The fourth-order valence-electron chi connectivity index (χ4n) is 2.03. The Morgan fingerprint density at radius 1 is 1.17 bits per heavy atom. The summed E-state index contributed by atoms with van der Waals surface area (Å²) in [5.41, 5.74) is -7.61. The van der Waals surface area contributed by atoms with Gasteiger partial charge < -0.3 is 0 Å². The van der Waals surface area contributed by atoms with Crippen LogP contribution in [0.2, 0.25) is 0 Å². The van der Waals surface area contributed by atoms with E-state index in [1.165, 1.54) is 6.07 Å². The first-order valence-corrected chi connectivity index (χ1v) is 5.88. The normalized spacial score (nSPS) is 11.3. The Kier molecular flexibility index (Phi) is 3.82. The second-order valence-electron chi connectivity index (χ2n) is 4.46. The van der Waals surface area contributed by atoms with Gasteiger partial charge in [0, 0.05) is 12.6 Å². The molecule has 0 saturated heterocycles. The third-order valence-corrected chi connectivity index (χ3v) is 3.04. The third kappa shape index (κ3) is 2.73. The van der Waals surface area contributed by atoms with Crippen molar-refractivity contribution in [2.45, 2.75) is 6.18 Å². The number of nitrogens with zero attached hydrogens (tertiary/aromatic N) is 2. The molecule has 0 saturated carbocycles. The number of rotatable bonds is 1. The predicted octanol–water partition coefficient (Wildman–Crippen LogP) is 1.91. The van der Waals surface area contributed by atoms with E-state index in [1.54, 1.807) is 4.98 Å². The molecular weight excluding hydrogens is 325 g/mol. The van der Waals surface area contributed by atoms with Crippen molar-refractivity contribution in [2.24, 2.45) is 7.05 Å². The molecule has 5 nitrogen and oxygen atoms in total. The summed E-state index contributed by atoms with van der Waals surface area (Å²) in [7, 11) is 0.725. The van der Waals surface area contributed by atoms with Crippen LogP contribution in [-0.4, -0.2) is 9.55 Å². The molecule has 0 bridgehead atoms. The first-order valence-electron chi connectivity index (χ1n) is 5.88. The van der Waals surface area contributed by atoms with Crippen LogP contribution in [0.4, 0.5) is 22.0 Å². The number of aromatic nitrogens is 2. The number of hydrogen-bond donors (Lipinski definition) is 1. The fraction of sp³-hybridized carbons (Fsp3) is 0.154. The van der Waals surface area contributed by atoms with E-state index in [0.717, 1.165) is 7.05 Å². The Balaban J connectivity index is 2.99. The van der Waals surface area contributed by atoms with Gasteiger partial charge in [0.25, 0.3) is 5.56 Å². The van der Waals surface area contributed by atoms with Gasteiger partial charge in [0.2, 0.25) is 0 Å². The number of nitrogens with one attached hydrogen (secondary N) is 1. The minimum Gasteiger partial charge on any atom is -0.292 e. The van der Waals surface area contributed by atoms with Crippen LogP contribution in [0.15, 0.2) is 21.7 Å². The molecule has 120 valence electrons. The van der Waals surface area contributed by atoms with Crippen LogP contribution in [0.5, 0.6) is 0 Å². The quantitative estimate of drug-likeness (QED) is 0.811. The number of hydrogen-bond acceptors (Lipinski definition) is 3. The van der Waals surface area contributed by atoms with Crippen LogP contribution in [0.25, 0.3) is 11.1 Å². The smallest absolute Gasteiger partial charge is 0.292 e. The maximum Gasteiger partial charge on any atom is 0.432 e. The molecule has 0 spiro atoms. The van der Waals surface area contributed by atoms with Crippen LogP contribution in [0, 0.1) is 23.0 Å². The second kappa shape index (κ2) is 5.35. The Hall–Kier alpha value is -2.96. The number of alkyl halides is 3. The van der Waals surface area contributed by atoms with Crippen molar-refractivity contribution in [3.8, 4) is 17.2 Å². The number of benzene rings is 1. The Morgan fingerprint density at radius 3 is 2.30 bits per heavy atom. The van der Waals surface area contributed by atoms with Crippen LogP contribution in [0.3, 0.4) is 0 Å². The molecule has 0 fully saturated rings. The SMILES string of the molecule is Cn1c(C(F)(F)F)c(-c2cc(F)c(C#N)cc2F)c(=O)[nH]c1=O. The number of H-pyrrole nitrogens is 1. The maximum atomic E-state index is 14.0. The van der Waals surface area contributed by atoms with Crippen molar-refractivity contribution in [3.05, 3.63) is 55.9 Å². The van der Waals surface area contributed by atoms with Gasteiger partial charge in [-0.3, -0.25) is 14.3 Å². The molecule has 1 N–H and O–H groups in total. The molecule has 0 amide bonds. The van der Waals surface area contributed by atoms with Crippen LogP contribution in [-0.2, 0) is 13.2 Å². The largest absolute Gasteiger partial charge is 0.432 e. The first-order chi connectivity index (χ1) is 10.6. The molecule has 0 aliphatic carbocycles. The minimum atomic E-state index is -5.17. The molecule has 0 radical (unpaired) electrons. The highest BCUT2D eigenvalue weighted by atomic mass is 19.4. The molecule has 1 aromatic carbocycles. The molecule has 0 unspecified atom stereocenters. The van der Waals surface area contributed by atoms with E-state index in [-0.39, 0.29) is 4.57 Å². The third-order valence-electron chi connectivity index (χ3n) is 3.04. The van der Waals surface area contributed by atoms with Gasteiger partial charge in [0.05, 0.1) is 11.1 Å². The van der Waals surface area contributed by atoms with E-state index >= 15 is 0 Å². The van der Waals surface area contributed by atoms with Gasteiger partial charge in [0.1, 0.15) is 23.4 Å². The zero-order valence-electron chi connectivity index (χ0n) is 11.3. The fourth-order valence-corrected chi connectivity index (χ4v) is 2.03. The summed E-state index contributed by atoms with van der Waals surface area (Å²) in [5, 5.41) is 8.57. The minimum absolute atomic E-state index is 0.0757. The summed E-state index contributed by atoms with van der Waals surface area (Å²) in [6.45, 7) is 0. The van der Waals surface area contributed by atoms with Crippen molar-refractivity contribution >= 4 is 0 Å². The summed E-state index contributed by atoms with van der Waals surface area (Å²) < 4.78 is 67.1. The molecule has 10 heteroatoms. The van der Waals surface area contributed by atoms with Crippen LogP contribution in [0.1, 0.15) is 11.3 Å². The van der Waals surface area contributed by atoms with Gasteiger partial charge in [-0.1, -0.05) is 0 Å². The van der Waals surface area contributed by atoms with Crippen LogP contribution >= 0.6 is 0 Å². The zero-order valence-corrected chi connectivity index (χ0v) is 11.3. The standard InChI is InChI=1S/C13H6F5N3O2/c1-21-10(13(16,17)18)9(11(22)20-12(21)23)6-3-7(14)5(4-19)2-8(6)15/h2-3H,1H3,(H,20,22,23). The average Bonchev–Trinajstić information content (AvgIpc) is 2.43. The molecule has 0 aliphatic rings. The molecule has 2 rings (SSSR count). The lowest BCUT2D eigenvalue weighted by Crippen LogP contribution is -2.35. The van der Waals surface area contributed by atoms with E-state index < -0.39 is 51.4 Å². The van der Waals surface area contributed by atoms with E-state index in [4.69, 9.17) is 5.26 Å². The second-order valence-corrected chi connectivity index (χ2v) is 4.46. The van der Waals surface area contributed by atoms with Gasteiger partial charge in [-0.2, -0.15) is 18.4 Å². The monoisotopic (exact) mass is 331 g/mol. The summed E-state index contributed by atoms with van der Waals surface area (Å²) in [6.07, 6.45) is -5.17. The number of halogens is 5. The van der Waals surface area contributed by atoms with Gasteiger partial charge >= 0.3 is 11.9 Å². The summed E-state index contributed by atoms with van der Waals surface area (Å²) >= 11 is 0. The molecule has 23 heavy (non-hydrogen) atoms. The average molecular weight is 331 g/mol. The van der Waals surface area contributed by atoms with Crippen molar-refractivity contribution in [2.75, 3.05) is 0 Å². The summed E-state index contributed by atoms with van der Waals surface area (Å²) in [6, 6.07) is 1.99. The van der Waals surface area contributed by atoms with Gasteiger partial charge in [-0.05, 0) is 12.1 Å².